The topological polar surface area (TPSA) is 60.2 Å². The van der Waals surface area contributed by atoms with Gasteiger partial charge in [0.2, 0.25) is 5.60 Å². The highest BCUT2D eigenvalue weighted by Crippen LogP contribution is 2.32. The Bertz CT molecular complexity index is 612. The monoisotopic (exact) mass is 302 g/mol. The molecule has 1 unspecified atom stereocenters. The van der Waals surface area contributed by atoms with Crippen LogP contribution in [-0.4, -0.2) is 23.5 Å². The molecule has 0 amide bonds. The van der Waals surface area contributed by atoms with E-state index in [4.69, 9.17) is 9.68 Å². The molecule has 0 fully saturated rings. The average molecular weight is 302 g/mol. The molecule has 0 radical (unpaired) electrons. The molecule has 0 aliphatic carbocycles. The molecule has 0 bridgehead atoms. The Morgan fingerprint density at radius 3 is 2.55 bits per heavy atom. The van der Waals surface area contributed by atoms with Crippen LogP contribution in [0.5, 0.6) is 0 Å². The summed E-state index contributed by atoms with van der Waals surface area (Å²) in [5, 5.41) is 7.76. The maximum Gasteiger partial charge on any atom is 0.381 e. The molecule has 0 saturated heterocycles. The summed E-state index contributed by atoms with van der Waals surface area (Å²) in [4.78, 5) is 22.4. The van der Waals surface area contributed by atoms with E-state index in [2.05, 4.69) is 10.3 Å². The highest BCUT2D eigenvalue weighted by molar-refractivity contribution is 5.96. The van der Waals surface area contributed by atoms with Crippen LogP contribution in [0.4, 0.5) is 0 Å². The summed E-state index contributed by atoms with van der Waals surface area (Å²) < 4.78 is 0. The number of hydrogen-bond acceptors (Lipinski definition) is 5. The van der Waals surface area contributed by atoms with Crippen LogP contribution in [0, 0.1) is 12.3 Å². The zero-order valence-electron chi connectivity index (χ0n) is 13.7. The molecular weight excluding hydrogens is 280 g/mol. The Kier molecular flexibility index (Phi) is 4.35. The van der Waals surface area contributed by atoms with Gasteiger partial charge in [0.05, 0.1) is 11.9 Å². The van der Waals surface area contributed by atoms with Crippen LogP contribution in [0.2, 0.25) is 0 Å². The molecule has 1 aromatic carbocycles. The predicted octanol–water partition coefficient (Wildman–Crippen LogP) is 3.45. The molecule has 118 valence electrons. The fourth-order valence-corrected chi connectivity index (χ4v) is 1.94. The fourth-order valence-electron chi connectivity index (χ4n) is 1.94. The molecule has 1 aliphatic rings. The molecule has 2 rings (SSSR count). The Morgan fingerprint density at radius 2 is 2.00 bits per heavy atom. The Hall–Kier alpha value is -2.17. The number of hydrogen-bond donors (Lipinski definition) is 0. The third-order valence-corrected chi connectivity index (χ3v) is 3.57. The first-order valence-electron chi connectivity index (χ1n) is 7.28. The number of oxime groups is 2. The first kappa shape index (κ1) is 16.2. The van der Waals surface area contributed by atoms with E-state index < -0.39 is 11.6 Å². The van der Waals surface area contributed by atoms with Crippen LogP contribution in [0.15, 0.2) is 34.6 Å². The lowest BCUT2D eigenvalue weighted by atomic mass is 9.84. The smallest absolute Gasteiger partial charge is 0.377 e. The van der Waals surface area contributed by atoms with Crippen molar-refractivity contribution in [3.63, 3.8) is 0 Å². The molecule has 0 spiro atoms. The van der Waals surface area contributed by atoms with Crippen molar-refractivity contribution < 1.29 is 14.5 Å². The highest BCUT2D eigenvalue weighted by atomic mass is 16.7. The van der Waals surface area contributed by atoms with E-state index in [-0.39, 0.29) is 5.41 Å². The zero-order valence-corrected chi connectivity index (χ0v) is 13.7. The molecule has 5 nitrogen and oxygen atoms in total. The molecule has 1 aromatic rings. The zero-order chi connectivity index (χ0) is 16.4. The van der Waals surface area contributed by atoms with Gasteiger partial charge in [0.1, 0.15) is 0 Å². The third kappa shape index (κ3) is 3.72. The molecule has 0 aromatic heterocycles. The van der Waals surface area contributed by atoms with Gasteiger partial charge in [-0.2, -0.15) is 0 Å². The van der Waals surface area contributed by atoms with Crippen molar-refractivity contribution in [2.24, 2.45) is 15.7 Å². The summed E-state index contributed by atoms with van der Waals surface area (Å²) in [5.74, 6) is -0.543. The maximum atomic E-state index is 12.1. The SMILES string of the molecule is Cc1ccc(/C=N/OC(=O)C2(C)CC(C(C)(C)C)=NO2)cc1. The van der Waals surface area contributed by atoms with Gasteiger partial charge in [-0.15, -0.1) is 0 Å². The van der Waals surface area contributed by atoms with Crippen LogP contribution < -0.4 is 0 Å². The second-order valence-corrected chi connectivity index (χ2v) is 6.81. The van der Waals surface area contributed by atoms with E-state index in [9.17, 15) is 4.79 Å². The van der Waals surface area contributed by atoms with E-state index >= 15 is 0 Å². The summed E-state index contributed by atoms with van der Waals surface area (Å²) in [6.07, 6.45) is 1.91. The van der Waals surface area contributed by atoms with E-state index in [1.54, 1.807) is 6.92 Å². The highest BCUT2D eigenvalue weighted by Gasteiger charge is 2.46. The lowest BCUT2D eigenvalue weighted by Crippen LogP contribution is -2.37. The number of nitrogens with zero attached hydrogens (tertiary/aromatic N) is 2. The first-order valence-corrected chi connectivity index (χ1v) is 7.28. The normalized spacial score (nSPS) is 21.6. The van der Waals surface area contributed by atoms with Gasteiger partial charge in [-0.1, -0.05) is 60.9 Å². The summed E-state index contributed by atoms with van der Waals surface area (Å²) >= 11 is 0. The standard InChI is InChI=1S/C17H22N2O3/c1-12-6-8-13(9-7-12)11-18-21-15(20)17(5)10-14(19-22-17)16(2,3)4/h6-9,11H,10H2,1-5H3/b18-11+. The molecular formula is C17H22N2O3. The Balaban J connectivity index is 1.94. The number of carbonyl (C=O) groups excluding carboxylic acids is 1. The van der Waals surface area contributed by atoms with Crippen molar-refractivity contribution in [1.82, 2.24) is 0 Å². The summed E-state index contributed by atoms with van der Waals surface area (Å²) in [6, 6.07) is 7.74. The number of carbonyl (C=O) groups is 1. The lowest BCUT2D eigenvalue weighted by Gasteiger charge is -2.20. The Labute approximate surface area is 131 Å². The van der Waals surface area contributed by atoms with Gasteiger partial charge < -0.3 is 9.68 Å². The van der Waals surface area contributed by atoms with Crippen molar-refractivity contribution >= 4 is 17.9 Å². The van der Waals surface area contributed by atoms with Gasteiger partial charge in [-0.05, 0) is 19.4 Å². The van der Waals surface area contributed by atoms with Gasteiger partial charge in [-0.3, -0.25) is 0 Å². The quantitative estimate of drug-likeness (QED) is 0.488. The van der Waals surface area contributed by atoms with Gasteiger partial charge in [0.25, 0.3) is 0 Å². The van der Waals surface area contributed by atoms with E-state index in [0.29, 0.717) is 6.42 Å². The summed E-state index contributed by atoms with van der Waals surface area (Å²) in [5.41, 5.74) is 1.63. The van der Waals surface area contributed by atoms with E-state index in [1.807, 2.05) is 52.0 Å². The van der Waals surface area contributed by atoms with Crippen LogP contribution in [0.25, 0.3) is 0 Å². The minimum absolute atomic E-state index is 0.136. The molecule has 0 N–H and O–H groups in total. The molecule has 5 heteroatoms. The van der Waals surface area contributed by atoms with Crippen LogP contribution in [0.1, 0.15) is 45.2 Å². The second kappa shape index (κ2) is 5.91. The number of rotatable bonds is 3. The predicted molar refractivity (Wildman–Crippen MR) is 85.9 cm³/mol. The molecule has 22 heavy (non-hydrogen) atoms. The number of benzene rings is 1. The van der Waals surface area contributed by atoms with Crippen molar-refractivity contribution in [1.29, 1.82) is 0 Å². The van der Waals surface area contributed by atoms with Crippen LogP contribution in [0.3, 0.4) is 0 Å². The van der Waals surface area contributed by atoms with Gasteiger partial charge in [0.15, 0.2) is 0 Å². The van der Waals surface area contributed by atoms with Crippen molar-refractivity contribution in [3.8, 4) is 0 Å². The average Bonchev–Trinajstić information content (AvgIpc) is 2.85. The summed E-state index contributed by atoms with van der Waals surface area (Å²) in [7, 11) is 0. The summed E-state index contributed by atoms with van der Waals surface area (Å²) in [6.45, 7) is 9.76. The van der Waals surface area contributed by atoms with Crippen molar-refractivity contribution in [2.75, 3.05) is 0 Å². The fraction of sp³-hybridized carbons (Fsp3) is 0.471. The van der Waals surface area contributed by atoms with Crippen molar-refractivity contribution in [3.05, 3.63) is 35.4 Å². The van der Waals surface area contributed by atoms with Crippen molar-refractivity contribution in [2.45, 2.75) is 46.6 Å². The minimum Gasteiger partial charge on any atom is -0.377 e. The lowest BCUT2D eigenvalue weighted by molar-refractivity contribution is -0.167. The maximum absolute atomic E-state index is 12.1. The minimum atomic E-state index is -1.10. The van der Waals surface area contributed by atoms with Gasteiger partial charge >= 0.3 is 5.97 Å². The van der Waals surface area contributed by atoms with Gasteiger partial charge in [0, 0.05) is 11.8 Å². The largest absolute Gasteiger partial charge is 0.381 e. The molecule has 0 saturated carbocycles. The second-order valence-electron chi connectivity index (χ2n) is 6.81. The number of aryl methyl sites for hydroxylation is 1. The van der Waals surface area contributed by atoms with E-state index in [1.165, 1.54) is 6.21 Å². The van der Waals surface area contributed by atoms with Crippen LogP contribution >= 0.6 is 0 Å². The Morgan fingerprint density at radius 1 is 1.36 bits per heavy atom. The molecule has 1 atom stereocenters. The molecule has 1 heterocycles. The first-order chi connectivity index (χ1) is 10.2. The third-order valence-electron chi connectivity index (χ3n) is 3.57. The molecule has 1 aliphatic heterocycles. The van der Waals surface area contributed by atoms with E-state index in [0.717, 1.165) is 16.8 Å². The van der Waals surface area contributed by atoms with Crippen LogP contribution in [-0.2, 0) is 14.5 Å². The van der Waals surface area contributed by atoms with Gasteiger partial charge in [-0.25, -0.2) is 4.79 Å².